The first kappa shape index (κ1) is 12.5. The summed E-state index contributed by atoms with van der Waals surface area (Å²) in [6.07, 6.45) is 6.75. The molecule has 0 bridgehead atoms. The van der Waals surface area contributed by atoms with Crippen molar-refractivity contribution < 1.29 is 4.74 Å². The number of hydrogen-bond donors (Lipinski definition) is 1. The molecule has 1 rings (SSSR count). The second kappa shape index (κ2) is 7.67. The van der Waals surface area contributed by atoms with Crippen molar-refractivity contribution in [2.24, 2.45) is 0 Å². The molecular formula is C12H22N2O. The monoisotopic (exact) mass is 210 g/mol. The first-order chi connectivity index (χ1) is 7.36. The molecule has 0 aromatic rings. The van der Waals surface area contributed by atoms with E-state index in [1.165, 1.54) is 25.7 Å². The molecule has 0 heterocycles. The van der Waals surface area contributed by atoms with E-state index < -0.39 is 0 Å². The maximum atomic E-state index is 8.38. The number of nitrogens with one attached hydrogen (secondary N) is 1. The van der Waals surface area contributed by atoms with Gasteiger partial charge in [0.1, 0.15) is 0 Å². The molecule has 0 atom stereocenters. The Morgan fingerprint density at radius 1 is 1.33 bits per heavy atom. The van der Waals surface area contributed by atoms with Crippen LogP contribution in [0, 0.1) is 11.3 Å². The van der Waals surface area contributed by atoms with Gasteiger partial charge in [-0.1, -0.05) is 6.92 Å². The maximum absolute atomic E-state index is 8.38. The second-order valence-corrected chi connectivity index (χ2v) is 4.16. The Hall–Kier alpha value is -0.590. The van der Waals surface area contributed by atoms with Gasteiger partial charge in [-0.2, -0.15) is 5.26 Å². The van der Waals surface area contributed by atoms with Crippen molar-refractivity contribution in [2.75, 3.05) is 13.2 Å². The van der Waals surface area contributed by atoms with E-state index in [-0.39, 0.29) is 0 Å². The summed E-state index contributed by atoms with van der Waals surface area (Å²) in [5, 5.41) is 11.9. The second-order valence-electron chi connectivity index (χ2n) is 4.16. The minimum absolute atomic E-state index is 0.443. The van der Waals surface area contributed by atoms with E-state index in [0.717, 1.165) is 19.6 Å². The minimum Gasteiger partial charge on any atom is -0.378 e. The van der Waals surface area contributed by atoms with Gasteiger partial charge in [0.15, 0.2) is 0 Å². The van der Waals surface area contributed by atoms with Crippen molar-refractivity contribution in [3.63, 3.8) is 0 Å². The van der Waals surface area contributed by atoms with E-state index in [9.17, 15) is 0 Å². The van der Waals surface area contributed by atoms with Crippen LogP contribution in [0.2, 0.25) is 0 Å². The van der Waals surface area contributed by atoms with Crippen molar-refractivity contribution in [2.45, 2.75) is 57.6 Å². The molecule has 0 unspecified atom stereocenters. The van der Waals surface area contributed by atoms with Crippen LogP contribution >= 0.6 is 0 Å². The Balaban J connectivity index is 2.02. The Labute approximate surface area is 92.8 Å². The van der Waals surface area contributed by atoms with Crippen molar-refractivity contribution in [3.05, 3.63) is 0 Å². The van der Waals surface area contributed by atoms with Crippen molar-refractivity contribution in [1.82, 2.24) is 5.32 Å². The molecule has 3 nitrogen and oxygen atoms in total. The number of hydrogen-bond acceptors (Lipinski definition) is 3. The van der Waals surface area contributed by atoms with Gasteiger partial charge in [0.05, 0.1) is 12.2 Å². The summed E-state index contributed by atoms with van der Waals surface area (Å²) in [6, 6.07) is 2.84. The van der Waals surface area contributed by atoms with Gasteiger partial charge in [0, 0.05) is 19.1 Å². The van der Waals surface area contributed by atoms with Crippen LogP contribution in [0.25, 0.3) is 0 Å². The molecule has 0 spiro atoms. The molecule has 1 aliphatic carbocycles. The van der Waals surface area contributed by atoms with Gasteiger partial charge in [-0.25, -0.2) is 0 Å². The van der Waals surface area contributed by atoms with Crippen LogP contribution in [0.15, 0.2) is 0 Å². The van der Waals surface area contributed by atoms with E-state index in [0.29, 0.717) is 18.6 Å². The van der Waals surface area contributed by atoms with Crippen LogP contribution in [0.4, 0.5) is 0 Å². The summed E-state index contributed by atoms with van der Waals surface area (Å²) in [7, 11) is 0. The zero-order valence-corrected chi connectivity index (χ0v) is 9.67. The average Bonchev–Trinajstić information content (AvgIpc) is 2.27. The number of ether oxygens (including phenoxy) is 1. The van der Waals surface area contributed by atoms with Crippen molar-refractivity contribution in [1.29, 1.82) is 5.26 Å². The molecule has 1 fully saturated rings. The Morgan fingerprint density at radius 2 is 2.07 bits per heavy atom. The number of unbranched alkanes of at least 4 members (excludes halogenated alkanes) is 1. The highest BCUT2D eigenvalue weighted by molar-refractivity contribution is 4.77. The fraction of sp³-hybridized carbons (Fsp3) is 0.917. The van der Waals surface area contributed by atoms with E-state index in [2.05, 4.69) is 18.3 Å². The first-order valence-corrected chi connectivity index (χ1v) is 6.08. The fourth-order valence-corrected chi connectivity index (χ4v) is 2.12. The predicted octanol–water partition coefficient (Wildman–Crippen LogP) is 2.23. The molecule has 0 saturated heterocycles. The lowest BCUT2D eigenvalue weighted by atomic mass is 9.93. The smallest absolute Gasteiger partial charge is 0.0622 e. The number of nitriles is 1. The minimum atomic E-state index is 0.443. The Bertz CT molecular complexity index is 192. The van der Waals surface area contributed by atoms with Crippen LogP contribution in [0.1, 0.15) is 45.4 Å². The standard InChI is InChI=1S/C12H22N2O/c1-2-14-11-5-7-12(8-6-11)15-10-4-3-9-13/h11-12,14H,2-8,10H2,1H3. The van der Waals surface area contributed by atoms with E-state index >= 15 is 0 Å². The van der Waals surface area contributed by atoms with Crippen LogP contribution in [-0.4, -0.2) is 25.3 Å². The SMILES string of the molecule is CCNC1CCC(OCCCC#N)CC1. The van der Waals surface area contributed by atoms with Gasteiger partial charge in [-0.15, -0.1) is 0 Å². The van der Waals surface area contributed by atoms with Crippen molar-refractivity contribution in [3.8, 4) is 6.07 Å². The van der Waals surface area contributed by atoms with Gasteiger partial charge in [-0.05, 0) is 38.6 Å². The molecule has 0 radical (unpaired) electrons. The lowest BCUT2D eigenvalue weighted by molar-refractivity contribution is 0.0219. The third-order valence-corrected chi connectivity index (χ3v) is 2.95. The van der Waals surface area contributed by atoms with Gasteiger partial charge < -0.3 is 10.1 Å². The zero-order chi connectivity index (χ0) is 10.9. The fourth-order valence-electron chi connectivity index (χ4n) is 2.12. The largest absolute Gasteiger partial charge is 0.378 e. The Morgan fingerprint density at radius 3 is 2.67 bits per heavy atom. The average molecular weight is 210 g/mol. The highest BCUT2D eigenvalue weighted by Gasteiger charge is 2.20. The molecule has 1 N–H and O–H groups in total. The van der Waals surface area contributed by atoms with Crippen molar-refractivity contribution >= 4 is 0 Å². The highest BCUT2D eigenvalue weighted by Crippen LogP contribution is 2.21. The molecule has 15 heavy (non-hydrogen) atoms. The molecule has 0 aromatic heterocycles. The first-order valence-electron chi connectivity index (χ1n) is 6.08. The van der Waals surface area contributed by atoms with Gasteiger partial charge in [0.2, 0.25) is 0 Å². The normalized spacial score (nSPS) is 26.1. The third-order valence-electron chi connectivity index (χ3n) is 2.95. The summed E-state index contributed by atoms with van der Waals surface area (Å²) in [5.41, 5.74) is 0. The molecule has 0 aromatic carbocycles. The molecule has 3 heteroatoms. The third kappa shape index (κ3) is 5.15. The van der Waals surface area contributed by atoms with Crippen LogP contribution < -0.4 is 5.32 Å². The maximum Gasteiger partial charge on any atom is 0.0622 e. The molecule has 0 amide bonds. The van der Waals surface area contributed by atoms with Crippen LogP contribution in [0.3, 0.4) is 0 Å². The number of rotatable bonds is 6. The Kier molecular flexibility index (Phi) is 6.38. The predicted molar refractivity (Wildman–Crippen MR) is 60.5 cm³/mol. The van der Waals surface area contributed by atoms with Crippen LogP contribution in [-0.2, 0) is 4.74 Å². The summed E-state index contributed by atoms with van der Waals surface area (Å²) >= 11 is 0. The summed E-state index contributed by atoms with van der Waals surface area (Å²) < 4.78 is 5.73. The van der Waals surface area contributed by atoms with Gasteiger partial charge >= 0.3 is 0 Å². The zero-order valence-electron chi connectivity index (χ0n) is 9.67. The number of nitrogens with zero attached hydrogens (tertiary/aromatic N) is 1. The summed E-state index contributed by atoms with van der Waals surface area (Å²) in [6.45, 7) is 3.98. The lowest BCUT2D eigenvalue weighted by Gasteiger charge is -2.28. The summed E-state index contributed by atoms with van der Waals surface area (Å²) in [5.74, 6) is 0. The van der Waals surface area contributed by atoms with E-state index in [1.807, 2.05) is 0 Å². The molecule has 1 aliphatic rings. The lowest BCUT2D eigenvalue weighted by Crippen LogP contribution is -2.35. The topological polar surface area (TPSA) is 45.0 Å². The van der Waals surface area contributed by atoms with E-state index in [4.69, 9.17) is 10.00 Å². The molecular weight excluding hydrogens is 188 g/mol. The van der Waals surface area contributed by atoms with Gasteiger partial charge in [-0.3, -0.25) is 0 Å². The molecule has 1 saturated carbocycles. The van der Waals surface area contributed by atoms with Crippen LogP contribution in [0.5, 0.6) is 0 Å². The molecule has 0 aliphatic heterocycles. The van der Waals surface area contributed by atoms with Gasteiger partial charge in [0.25, 0.3) is 0 Å². The summed E-state index contributed by atoms with van der Waals surface area (Å²) in [4.78, 5) is 0. The van der Waals surface area contributed by atoms with E-state index in [1.54, 1.807) is 0 Å². The quantitative estimate of drug-likeness (QED) is 0.684. The molecule has 86 valence electrons. The highest BCUT2D eigenvalue weighted by atomic mass is 16.5.